The Hall–Kier alpha value is -3.14. The molecule has 0 atom stereocenters. The summed E-state index contributed by atoms with van der Waals surface area (Å²) in [7, 11) is 0. The van der Waals surface area contributed by atoms with E-state index in [1.165, 1.54) is 11.3 Å². The van der Waals surface area contributed by atoms with Gasteiger partial charge in [0, 0.05) is 18.8 Å². The molecule has 1 aromatic heterocycles. The average molecular weight is 343 g/mol. The number of aryl methyl sites for hydroxylation is 1. The third-order valence-corrected chi connectivity index (χ3v) is 4.70. The minimum atomic E-state index is -0.153. The van der Waals surface area contributed by atoms with Gasteiger partial charge in [0.2, 0.25) is 0 Å². The topological polar surface area (TPSA) is 45.2 Å². The minimum absolute atomic E-state index is 0.153. The van der Waals surface area contributed by atoms with Crippen molar-refractivity contribution in [2.45, 2.75) is 19.4 Å². The molecule has 4 rings (SSSR count). The molecule has 4 heteroatoms. The van der Waals surface area contributed by atoms with E-state index in [1.807, 2.05) is 36.4 Å². The number of rotatable bonds is 4. The maximum atomic E-state index is 12.3. The van der Waals surface area contributed by atoms with Crippen LogP contribution in [0, 0.1) is 0 Å². The van der Waals surface area contributed by atoms with Crippen LogP contribution in [0.2, 0.25) is 0 Å². The van der Waals surface area contributed by atoms with Gasteiger partial charge in [0.05, 0.1) is 11.9 Å². The Kier molecular flexibility index (Phi) is 4.65. The Labute approximate surface area is 153 Å². The van der Waals surface area contributed by atoms with Gasteiger partial charge < -0.3 is 10.2 Å². The maximum absolute atomic E-state index is 12.3. The van der Waals surface area contributed by atoms with Gasteiger partial charge in [-0.05, 0) is 42.2 Å². The van der Waals surface area contributed by atoms with E-state index in [9.17, 15) is 4.79 Å². The molecule has 3 aromatic rings. The maximum Gasteiger partial charge on any atom is 0.270 e. The van der Waals surface area contributed by atoms with Crippen LogP contribution in [0.25, 0.3) is 0 Å². The number of carbonyl (C=O) groups is 1. The number of pyridine rings is 1. The molecule has 0 saturated heterocycles. The minimum Gasteiger partial charge on any atom is -0.347 e. The van der Waals surface area contributed by atoms with E-state index >= 15 is 0 Å². The second-order valence-corrected chi connectivity index (χ2v) is 6.45. The number of nitrogens with one attached hydrogen (secondary N) is 1. The van der Waals surface area contributed by atoms with Crippen molar-refractivity contribution in [3.8, 4) is 0 Å². The van der Waals surface area contributed by atoms with Gasteiger partial charge in [0.15, 0.2) is 0 Å². The second-order valence-electron chi connectivity index (χ2n) is 6.45. The second kappa shape index (κ2) is 7.40. The Morgan fingerprint density at radius 3 is 2.62 bits per heavy atom. The smallest absolute Gasteiger partial charge is 0.270 e. The number of nitrogens with zero attached hydrogens (tertiary/aromatic N) is 2. The molecule has 130 valence electrons. The van der Waals surface area contributed by atoms with Crippen molar-refractivity contribution in [1.82, 2.24) is 10.3 Å². The van der Waals surface area contributed by atoms with Crippen LogP contribution in [-0.4, -0.2) is 17.4 Å². The third-order valence-electron chi connectivity index (χ3n) is 4.70. The molecular weight excluding hydrogens is 322 g/mol. The van der Waals surface area contributed by atoms with Gasteiger partial charge in [0.1, 0.15) is 5.69 Å². The van der Waals surface area contributed by atoms with Crippen molar-refractivity contribution in [2.75, 3.05) is 11.4 Å². The molecule has 1 aliphatic heterocycles. The molecule has 0 aliphatic carbocycles. The molecule has 2 aromatic carbocycles. The van der Waals surface area contributed by atoms with Crippen molar-refractivity contribution in [3.05, 3.63) is 89.7 Å². The molecule has 0 bridgehead atoms. The van der Waals surface area contributed by atoms with E-state index in [0.29, 0.717) is 12.2 Å². The fourth-order valence-electron chi connectivity index (χ4n) is 3.35. The summed E-state index contributed by atoms with van der Waals surface area (Å²) in [4.78, 5) is 19.0. The molecule has 1 N–H and O–H groups in total. The Balaban J connectivity index is 1.46. The first-order valence-electron chi connectivity index (χ1n) is 8.95. The van der Waals surface area contributed by atoms with Crippen LogP contribution in [0.15, 0.2) is 72.9 Å². The zero-order chi connectivity index (χ0) is 17.8. The Bertz CT molecular complexity index is 891. The summed E-state index contributed by atoms with van der Waals surface area (Å²) in [6.07, 6.45) is 4.02. The molecule has 26 heavy (non-hydrogen) atoms. The highest BCUT2D eigenvalue weighted by Gasteiger charge is 2.18. The summed E-state index contributed by atoms with van der Waals surface area (Å²) in [5.74, 6) is -0.153. The van der Waals surface area contributed by atoms with Crippen molar-refractivity contribution >= 4 is 17.3 Å². The van der Waals surface area contributed by atoms with Crippen molar-refractivity contribution in [1.29, 1.82) is 0 Å². The summed E-state index contributed by atoms with van der Waals surface area (Å²) < 4.78 is 0. The fourth-order valence-corrected chi connectivity index (χ4v) is 3.35. The van der Waals surface area contributed by atoms with Crippen LogP contribution < -0.4 is 10.2 Å². The lowest BCUT2D eigenvalue weighted by atomic mass is 10.0. The van der Waals surface area contributed by atoms with Crippen LogP contribution in [0.3, 0.4) is 0 Å². The molecule has 0 unspecified atom stereocenters. The quantitative estimate of drug-likeness (QED) is 0.776. The van der Waals surface area contributed by atoms with E-state index in [-0.39, 0.29) is 5.91 Å². The number of fused-ring (bicyclic) bond motifs is 1. The molecule has 4 nitrogen and oxygen atoms in total. The molecule has 0 spiro atoms. The molecule has 0 radical (unpaired) electrons. The summed E-state index contributed by atoms with van der Waals surface area (Å²) in [5, 5.41) is 2.91. The normalized spacial score (nSPS) is 13.2. The van der Waals surface area contributed by atoms with E-state index in [0.717, 1.165) is 30.6 Å². The van der Waals surface area contributed by atoms with Crippen molar-refractivity contribution in [2.24, 2.45) is 0 Å². The van der Waals surface area contributed by atoms with E-state index in [1.54, 1.807) is 12.3 Å². The molecular formula is C22H21N3O. The molecule has 0 saturated carbocycles. The number of amides is 1. The fraction of sp³-hybridized carbons (Fsp3) is 0.182. The zero-order valence-corrected chi connectivity index (χ0v) is 14.6. The molecule has 1 aliphatic rings. The first-order valence-corrected chi connectivity index (χ1v) is 8.95. The summed E-state index contributed by atoms with van der Waals surface area (Å²) in [5.41, 5.74) is 5.14. The molecule has 0 fully saturated rings. The highest BCUT2D eigenvalue weighted by atomic mass is 16.1. The predicted molar refractivity (Wildman–Crippen MR) is 104 cm³/mol. The number of anilines is 2. The number of aromatic nitrogens is 1. The lowest BCUT2D eigenvalue weighted by Crippen LogP contribution is -2.26. The van der Waals surface area contributed by atoms with Crippen LogP contribution >= 0.6 is 0 Å². The summed E-state index contributed by atoms with van der Waals surface area (Å²) in [6, 6.07) is 22.1. The Morgan fingerprint density at radius 1 is 1.00 bits per heavy atom. The average Bonchev–Trinajstić information content (AvgIpc) is 2.72. The first kappa shape index (κ1) is 16.3. The summed E-state index contributed by atoms with van der Waals surface area (Å²) in [6.45, 7) is 1.47. The largest absolute Gasteiger partial charge is 0.347 e. The SMILES string of the molecule is O=C(NCc1ccccc1)c1ccc(N2CCCc3ccccc32)cn1. The lowest BCUT2D eigenvalue weighted by molar-refractivity contribution is 0.0946. The van der Waals surface area contributed by atoms with Crippen LogP contribution in [0.1, 0.15) is 28.0 Å². The zero-order valence-electron chi connectivity index (χ0n) is 14.6. The third kappa shape index (κ3) is 3.45. The van der Waals surface area contributed by atoms with Crippen LogP contribution in [0.5, 0.6) is 0 Å². The van der Waals surface area contributed by atoms with Gasteiger partial charge in [-0.2, -0.15) is 0 Å². The number of hydrogen-bond acceptors (Lipinski definition) is 3. The van der Waals surface area contributed by atoms with Gasteiger partial charge in [-0.1, -0.05) is 48.5 Å². The highest BCUT2D eigenvalue weighted by molar-refractivity contribution is 5.92. The number of hydrogen-bond donors (Lipinski definition) is 1. The van der Waals surface area contributed by atoms with Crippen molar-refractivity contribution < 1.29 is 4.79 Å². The van der Waals surface area contributed by atoms with E-state index < -0.39 is 0 Å². The standard InChI is InChI=1S/C22H21N3O/c26-22(24-15-17-7-2-1-3-8-17)20-13-12-19(16-23-20)25-14-6-10-18-9-4-5-11-21(18)25/h1-5,7-9,11-13,16H,6,10,14-15H2,(H,24,26). The van der Waals surface area contributed by atoms with Crippen LogP contribution in [0.4, 0.5) is 11.4 Å². The summed E-state index contributed by atoms with van der Waals surface area (Å²) >= 11 is 0. The number of carbonyl (C=O) groups excluding carboxylic acids is 1. The van der Waals surface area contributed by atoms with Crippen LogP contribution in [-0.2, 0) is 13.0 Å². The van der Waals surface area contributed by atoms with Gasteiger partial charge >= 0.3 is 0 Å². The van der Waals surface area contributed by atoms with Gasteiger partial charge in [0.25, 0.3) is 5.91 Å². The highest BCUT2D eigenvalue weighted by Crippen LogP contribution is 2.32. The van der Waals surface area contributed by atoms with Gasteiger partial charge in [-0.3, -0.25) is 4.79 Å². The van der Waals surface area contributed by atoms with Gasteiger partial charge in [-0.25, -0.2) is 4.98 Å². The lowest BCUT2D eigenvalue weighted by Gasteiger charge is -2.31. The monoisotopic (exact) mass is 343 g/mol. The first-order chi connectivity index (χ1) is 12.8. The number of benzene rings is 2. The number of para-hydroxylation sites is 1. The van der Waals surface area contributed by atoms with E-state index in [2.05, 4.69) is 39.5 Å². The Morgan fingerprint density at radius 2 is 1.81 bits per heavy atom. The van der Waals surface area contributed by atoms with E-state index in [4.69, 9.17) is 0 Å². The molecule has 2 heterocycles. The van der Waals surface area contributed by atoms with Crippen molar-refractivity contribution in [3.63, 3.8) is 0 Å². The van der Waals surface area contributed by atoms with Gasteiger partial charge in [-0.15, -0.1) is 0 Å². The predicted octanol–water partition coefficient (Wildman–Crippen LogP) is 4.10. The molecule has 1 amide bonds.